The predicted octanol–water partition coefficient (Wildman–Crippen LogP) is 2.40. The summed E-state index contributed by atoms with van der Waals surface area (Å²) in [5, 5.41) is 1.96. The van der Waals surface area contributed by atoms with Gasteiger partial charge >= 0.3 is 0 Å². The summed E-state index contributed by atoms with van der Waals surface area (Å²) >= 11 is 1.52. The average molecular weight is 376 g/mol. The Hall–Kier alpha value is -1.40. The first-order chi connectivity index (χ1) is 12.4. The van der Waals surface area contributed by atoms with Crippen molar-refractivity contribution in [3.05, 3.63) is 22.4 Å². The smallest absolute Gasteiger partial charge is 0.263 e. The maximum Gasteiger partial charge on any atom is 0.263 e. The Kier molecular flexibility index (Phi) is 4.39. The van der Waals surface area contributed by atoms with Gasteiger partial charge in [0.15, 0.2) is 0 Å². The van der Waals surface area contributed by atoms with Crippen LogP contribution < -0.4 is 0 Å². The predicted molar refractivity (Wildman–Crippen MR) is 103 cm³/mol. The Bertz CT molecular complexity index is 694. The Morgan fingerprint density at radius 3 is 2.54 bits per heavy atom. The number of rotatable bonds is 2. The lowest BCUT2D eigenvalue weighted by Crippen LogP contribution is -2.49. The molecule has 1 aromatic rings. The SMILES string of the molecule is CN1C[C@@H]2C3(CCN(C(=O)c4cccs4)CC3)CC[C@]2(C(=O)N(C)C)C1. The Morgan fingerprint density at radius 1 is 1.19 bits per heavy atom. The molecule has 1 spiro atoms. The van der Waals surface area contributed by atoms with Crippen molar-refractivity contribution in [2.75, 3.05) is 47.3 Å². The summed E-state index contributed by atoms with van der Waals surface area (Å²) in [6, 6.07) is 3.86. The monoisotopic (exact) mass is 375 g/mol. The summed E-state index contributed by atoms with van der Waals surface area (Å²) in [7, 11) is 5.92. The van der Waals surface area contributed by atoms with Crippen LogP contribution in [0.2, 0.25) is 0 Å². The first-order valence-corrected chi connectivity index (χ1v) is 10.5. The molecule has 2 aliphatic heterocycles. The Morgan fingerprint density at radius 2 is 1.92 bits per heavy atom. The molecule has 1 aliphatic carbocycles. The first-order valence-electron chi connectivity index (χ1n) is 9.61. The molecule has 1 saturated carbocycles. The molecule has 0 unspecified atom stereocenters. The second-order valence-electron chi connectivity index (χ2n) is 8.74. The zero-order chi connectivity index (χ0) is 18.5. The van der Waals surface area contributed by atoms with E-state index in [9.17, 15) is 9.59 Å². The third-order valence-electron chi connectivity index (χ3n) is 7.13. The zero-order valence-corrected chi connectivity index (χ0v) is 16.8. The lowest BCUT2D eigenvalue weighted by molar-refractivity contribution is -0.141. The van der Waals surface area contributed by atoms with Gasteiger partial charge in [-0.05, 0) is 55.5 Å². The van der Waals surface area contributed by atoms with Crippen molar-refractivity contribution >= 4 is 23.2 Å². The third kappa shape index (κ3) is 2.61. The molecule has 2 saturated heterocycles. The summed E-state index contributed by atoms with van der Waals surface area (Å²) in [4.78, 5) is 32.7. The van der Waals surface area contributed by atoms with E-state index < -0.39 is 0 Å². The van der Waals surface area contributed by atoms with Crippen molar-refractivity contribution in [3.8, 4) is 0 Å². The summed E-state index contributed by atoms with van der Waals surface area (Å²) in [6.07, 6.45) is 4.19. The summed E-state index contributed by atoms with van der Waals surface area (Å²) < 4.78 is 0. The minimum Gasteiger partial charge on any atom is -0.348 e. The van der Waals surface area contributed by atoms with Crippen LogP contribution >= 0.6 is 11.3 Å². The lowest BCUT2D eigenvalue weighted by atomic mass is 9.65. The van der Waals surface area contributed by atoms with Gasteiger partial charge in [-0.1, -0.05) is 6.07 Å². The van der Waals surface area contributed by atoms with E-state index in [0.29, 0.717) is 11.8 Å². The number of likely N-dealkylation sites (tertiary alicyclic amines) is 2. The van der Waals surface area contributed by atoms with E-state index >= 15 is 0 Å². The number of carbonyl (C=O) groups is 2. The molecule has 0 radical (unpaired) electrons. The van der Waals surface area contributed by atoms with Gasteiger partial charge in [-0.25, -0.2) is 0 Å². The van der Waals surface area contributed by atoms with Gasteiger partial charge in [0.25, 0.3) is 5.91 Å². The van der Waals surface area contributed by atoms with Crippen molar-refractivity contribution in [1.82, 2.24) is 14.7 Å². The summed E-state index contributed by atoms with van der Waals surface area (Å²) in [5.41, 5.74) is 0.0147. The van der Waals surface area contributed by atoms with Gasteiger partial charge in [0, 0.05) is 40.3 Å². The fourth-order valence-electron chi connectivity index (χ4n) is 5.90. The minimum absolute atomic E-state index is 0.173. The number of amides is 2. The molecule has 142 valence electrons. The molecular formula is C20H29N3O2S. The topological polar surface area (TPSA) is 43.9 Å². The van der Waals surface area contributed by atoms with E-state index in [1.54, 1.807) is 4.90 Å². The quantitative estimate of drug-likeness (QED) is 0.797. The van der Waals surface area contributed by atoms with E-state index in [1.807, 2.05) is 36.5 Å². The fraction of sp³-hybridized carbons (Fsp3) is 0.700. The molecule has 0 bridgehead atoms. The molecule has 2 atom stereocenters. The van der Waals surface area contributed by atoms with E-state index in [0.717, 1.165) is 56.7 Å². The molecule has 3 aliphatic rings. The molecule has 0 aromatic carbocycles. The highest BCUT2D eigenvalue weighted by Crippen LogP contribution is 2.62. The minimum atomic E-state index is -0.210. The van der Waals surface area contributed by atoms with Crippen LogP contribution in [0.4, 0.5) is 0 Å². The van der Waals surface area contributed by atoms with Crippen molar-refractivity contribution in [1.29, 1.82) is 0 Å². The van der Waals surface area contributed by atoms with Crippen LogP contribution in [-0.4, -0.2) is 73.8 Å². The highest BCUT2D eigenvalue weighted by molar-refractivity contribution is 7.12. The van der Waals surface area contributed by atoms with Crippen LogP contribution in [0.25, 0.3) is 0 Å². The van der Waals surface area contributed by atoms with Gasteiger partial charge in [-0.2, -0.15) is 0 Å². The molecule has 5 nitrogen and oxygen atoms in total. The highest BCUT2D eigenvalue weighted by atomic mass is 32.1. The third-order valence-corrected chi connectivity index (χ3v) is 7.99. The average Bonchev–Trinajstić information content (AvgIpc) is 3.32. The van der Waals surface area contributed by atoms with Gasteiger partial charge < -0.3 is 14.7 Å². The van der Waals surface area contributed by atoms with Gasteiger partial charge in [0.2, 0.25) is 5.91 Å². The molecule has 3 fully saturated rings. The van der Waals surface area contributed by atoms with Crippen LogP contribution in [0.5, 0.6) is 0 Å². The molecule has 0 N–H and O–H groups in total. The maximum absolute atomic E-state index is 13.1. The standard InChI is InChI=1S/C20H29N3O2S/c1-21(2)18(25)20-7-6-19(16(20)13-22(3)14-20)8-10-23(11-9-19)17(24)15-5-4-12-26-15/h4-5,12,16H,6-11,13-14H2,1-3H3/t16-,20+/m1/s1. The van der Waals surface area contributed by atoms with Gasteiger partial charge in [-0.3, -0.25) is 9.59 Å². The van der Waals surface area contributed by atoms with Crippen LogP contribution in [0.3, 0.4) is 0 Å². The van der Waals surface area contributed by atoms with Gasteiger partial charge in [-0.15, -0.1) is 11.3 Å². The molecule has 6 heteroatoms. The number of carbonyl (C=O) groups excluding carboxylic acids is 2. The second kappa shape index (κ2) is 6.34. The second-order valence-corrected chi connectivity index (χ2v) is 9.68. The number of thiophene rings is 1. The molecule has 4 rings (SSSR count). The fourth-order valence-corrected chi connectivity index (χ4v) is 6.59. The van der Waals surface area contributed by atoms with Crippen LogP contribution in [0.15, 0.2) is 17.5 Å². The number of piperidine rings is 1. The number of hydrogen-bond acceptors (Lipinski definition) is 4. The molecule has 3 heterocycles. The van der Waals surface area contributed by atoms with Gasteiger partial charge in [0.1, 0.15) is 0 Å². The lowest BCUT2D eigenvalue weighted by Gasteiger charge is -2.44. The number of fused-ring (bicyclic) bond motifs is 2. The summed E-state index contributed by atoms with van der Waals surface area (Å²) in [6.45, 7) is 3.54. The van der Waals surface area contributed by atoms with Crippen molar-refractivity contribution < 1.29 is 9.59 Å². The Labute approximate surface area is 159 Å². The largest absolute Gasteiger partial charge is 0.348 e. The van der Waals surface area contributed by atoms with Crippen molar-refractivity contribution in [2.24, 2.45) is 16.7 Å². The van der Waals surface area contributed by atoms with Crippen LogP contribution in [0.1, 0.15) is 35.4 Å². The van der Waals surface area contributed by atoms with E-state index in [-0.39, 0.29) is 16.7 Å². The van der Waals surface area contributed by atoms with Crippen molar-refractivity contribution in [3.63, 3.8) is 0 Å². The van der Waals surface area contributed by atoms with Crippen LogP contribution in [0, 0.1) is 16.7 Å². The maximum atomic E-state index is 13.1. The van der Waals surface area contributed by atoms with Crippen molar-refractivity contribution in [2.45, 2.75) is 25.7 Å². The van der Waals surface area contributed by atoms with Crippen LogP contribution in [-0.2, 0) is 4.79 Å². The number of hydrogen-bond donors (Lipinski definition) is 0. The molecular weight excluding hydrogens is 346 g/mol. The number of nitrogens with zero attached hydrogens (tertiary/aromatic N) is 3. The van der Waals surface area contributed by atoms with E-state index in [4.69, 9.17) is 0 Å². The normalized spacial score (nSPS) is 30.6. The van der Waals surface area contributed by atoms with E-state index in [1.165, 1.54) is 11.3 Å². The molecule has 2 amide bonds. The molecule has 26 heavy (non-hydrogen) atoms. The van der Waals surface area contributed by atoms with E-state index in [2.05, 4.69) is 11.9 Å². The molecule has 1 aromatic heterocycles. The highest BCUT2D eigenvalue weighted by Gasteiger charge is 2.64. The van der Waals surface area contributed by atoms with Gasteiger partial charge in [0.05, 0.1) is 10.3 Å². The first kappa shape index (κ1) is 18.0. The summed E-state index contributed by atoms with van der Waals surface area (Å²) in [5.74, 6) is 0.904. The zero-order valence-electron chi connectivity index (χ0n) is 16.0. The Balaban J connectivity index is 1.52.